The molecule has 0 saturated heterocycles. The lowest BCUT2D eigenvalue weighted by molar-refractivity contribution is 0.305. The zero-order chi connectivity index (χ0) is 16.7. The molecule has 0 aliphatic rings. The van der Waals surface area contributed by atoms with Crippen LogP contribution in [0, 0.1) is 0 Å². The van der Waals surface area contributed by atoms with Gasteiger partial charge in [-0.3, -0.25) is 0 Å². The first-order valence-electron chi connectivity index (χ1n) is 8.99. The minimum atomic E-state index is -1.43. The zero-order valence-electron chi connectivity index (χ0n) is 16.2. The summed E-state index contributed by atoms with van der Waals surface area (Å²) in [6.45, 7) is 23.5. The van der Waals surface area contributed by atoms with E-state index in [1.54, 1.807) is 0 Å². The highest BCUT2D eigenvalue weighted by Crippen LogP contribution is 2.39. The van der Waals surface area contributed by atoms with Crippen molar-refractivity contribution in [2.45, 2.75) is 97.1 Å². The van der Waals surface area contributed by atoms with Gasteiger partial charge >= 0.3 is 0 Å². The Labute approximate surface area is 136 Å². The van der Waals surface area contributed by atoms with Crippen LogP contribution in [-0.4, -0.2) is 29.7 Å². The third-order valence-corrected chi connectivity index (χ3v) is 14.1. The molecule has 0 saturated carbocycles. The molecule has 0 aliphatic heterocycles. The molecule has 0 aromatic rings. The molecular formula is C17H41NOSi2. The largest absolute Gasteiger partial charge is 0.417 e. The van der Waals surface area contributed by atoms with Gasteiger partial charge < -0.3 is 9.41 Å². The van der Waals surface area contributed by atoms with Gasteiger partial charge in [0.05, 0.1) is 0 Å². The highest BCUT2D eigenvalue weighted by atomic mass is 28.4. The quantitative estimate of drug-likeness (QED) is 0.383. The summed E-state index contributed by atoms with van der Waals surface area (Å²) < 4.78 is 6.08. The summed E-state index contributed by atoms with van der Waals surface area (Å²) in [7, 11) is -2.85. The van der Waals surface area contributed by atoms with Crippen LogP contribution < -0.4 is 4.98 Å². The topological polar surface area (TPSA) is 21.3 Å². The molecule has 4 heteroatoms. The summed E-state index contributed by atoms with van der Waals surface area (Å²) in [5.74, 6) is 0. The first-order chi connectivity index (χ1) is 9.60. The first-order valence-corrected chi connectivity index (χ1v) is 14.3. The van der Waals surface area contributed by atoms with Gasteiger partial charge in [-0.25, -0.2) is 0 Å². The van der Waals surface area contributed by atoms with Crippen LogP contribution in [0.25, 0.3) is 0 Å². The predicted molar refractivity (Wildman–Crippen MR) is 102 cm³/mol. The summed E-state index contributed by atoms with van der Waals surface area (Å²) >= 11 is 0. The molecule has 0 aromatic carbocycles. The van der Waals surface area contributed by atoms with Crippen LogP contribution >= 0.6 is 0 Å². The average Bonchev–Trinajstić information content (AvgIpc) is 2.35. The lowest BCUT2D eigenvalue weighted by Crippen LogP contribution is -2.58. The lowest BCUT2D eigenvalue weighted by Gasteiger charge is -2.44. The maximum Gasteiger partial charge on any atom is 0.186 e. The Morgan fingerprint density at radius 3 is 1.76 bits per heavy atom. The van der Waals surface area contributed by atoms with Crippen LogP contribution in [0.3, 0.4) is 0 Å². The molecule has 128 valence electrons. The van der Waals surface area contributed by atoms with Crippen molar-refractivity contribution in [2.24, 2.45) is 0 Å². The molecule has 0 bridgehead atoms. The van der Waals surface area contributed by atoms with Crippen molar-refractivity contribution in [1.29, 1.82) is 0 Å². The Hall–Kier alpha value is 0.354. The van der Waals surface area contributed by atoms with E-state index in [9.17, 15) is 0 Å². The van der Waals surface area contributed by atoms with Crippen LogP contribution in [0.4, 0.5) is 0 Å². The zero-order valence-corrected chi connectivity index (χ0v) is 18.2. The van der Waals surface area contributed by atoms with Gasteiger partial charge in [0.25, 0.3) is 0 Å². The van der Waals surface area contributed by atoms with Gasteiger partial charge in [0.15, 0.2) is 8.32 Å². The highest BCUT2D eigenvalue weighted by Gasteiger charge is 2.42. The molecular weight excluding hydrogens is 290 g/mol. The Morgan fingerprint density at radius 1 is 0.905 bits per heavy atom. The molecule has 0 fully saturated rings. The molecule has 0 spiro atoms. The van der Waals surface area contributed by atoms with Crippen molar-refractivity contribution in [3.8, 4) is 0 Å². The Bertz CT molecular complexity index is 256. The molecule has 0 radical (unpaired) electrons. The van der Waals surface area contributed by atoms with Gasteiger partial charge in [0.1, 0.15) is 8.24 Å². The third-order valence-electron chi connectivity index (χ3n) is 4.95. The minimum absolute atomic E-state index is 0.791. The van der Waals surface area contributed by atoms with E-state index in [2.05, 4.69) is 66.5 Å². The van der Waals surface area contributed by atoms with Crippen LogP contribution in [-0.2, 0) is 4.43 Å². The number of hydrogen-bond acceptors (Lipinski definition) is 2. The standard InChI is InChI=1S/C17H41NOSi2/c1-10-13-19-20(8,9)14-11-12-18-21(15(2)3,16(4)5)17(6)7/h15-18H,10-14H2,1-9H3. The highest BCUT2D eigenvalue weighted by molar-refractivity contribution is 6.81. The second kappa shape index (κ2) is 9.48. The molecule has 1 N–H and O–H groups in total. The average molecular weight is 332 g/mol. The van der Waals surface area contributed by atoms with Crippen LogP contribution in [0.1, 0.15) is 61.3 Å². The van der Waals surface area contributed by atoms with E-state index in [1.807, 2.05) is 0 Å². The fourth-order valence-electron chi connectivity index (χ4n) is 3.88. The van der Waals surface area contributed by atoms with Crippen molar-refractivity contribution in [3.05, 3.63) is 0 Å². The molecule has 21 heavy (non-hydrogen) atoms. The lowest BCUT2D eigenvalue weighted by atomic mass is 10.5. The maximum absolute atomic E-state index is 6.08. The summed E-state index contributed by atoms with van der Waals surface area (Å²) in [4.78, 5) is 4.07. The van der Waals surface area contributed by atoms with E-state index in [0.29, 0.717) is 0 Å². The Kier molecular flexibility index (Phi) is 9.64. The second-order valence-corrected chi connectivity index (χ2v) is 18.0. The molecule has 0 aliphatic carbocycles. The summed E-state index contributed by atoms with van der Waals surface area (Å²) in [5.41, 5.74) is 2.37. The normalized spacial score (nSPS) is 13.7. The fourth-order valence-corrected chi connectivity index (χ4v) is 11.6. The fraction of sp³-hybridized carbons (Fsp3) is 1.00. The molecule has 2 nitrogen and oxygen atoms in total. The van der Waals surface area contributed by atoms with Crippen molar-refractivity contribution in [3.63, 3.8) is 0 Å². The smallest absolute Gasteiger partial charge is 0.186 e. The van der Waals surface area contributed by atoms with Gasteiger partial charge in [0, 0.05) is 6.61 Å². The molecule has 0 aromatic heterocycles. The van der Waals surface area contributed by atoms with Crippen molar-refractivity contribution < 1.29 is 4.43 Å². The summed E-state index contributed by atoms with van der Waals surface area (Å²) in [5, 5.41) is 0. The SMILES string of the molecule is CCCO[Si](C)(C)CCCN[Si](C(C)C)(C(C)C)C(C)C. The van der Waals surface area contributed by atoms with Crippen LogP contribution in [0.15, 0.2) is 0 Å². The van der Waals surface area contributed by atoms with E-state index in [0.717, 1.165) is 29.7 Å². The Balaban J connectivity index is 4.46. The maximum atomic E-state index is 6.08. The van der Waals surface area contributed by atoms with Crippen molar-refractivity contribution in [1.82, 2.24) is 4.98 Å². The predicted octanol–water partition coefficient (Wildman–Crippen LogP) is 5.77. The van der Waals surface area contributed by atoms with E-state index in [4.69, 9.17) is 4.43 Å². The van der Waals surface area contributed by atoms with Crippen molar-refractivity contribution >= 4 is 16.6 Å². The van der Waals surface area contributed by atoms with Gasteiger partial charge in [-0.1, -0.05) is 48.5 Å². The molecule has 0 heterocycles. The minimum Gasteiger partial charge on any atom is -0.417 e. The molecule has 0 unspecified atom stereocenters. The first kappa shape index (κ1) is 21.4. The number of rotatable bonds is 11. The van der Waals surface area contributed by atoms with E-state index >= 15 is 0 Å². The van der Waals surface area contributed by atoms with Gasteiger partial charge in [-0.05, 0) is 55.1 Å². The monoisotopic (exact) mass is 331 g/mol. The second-order valence-electron chi connectivity index (χ2n) is 8.04. The molecule has 0 atom stereocenters. The van der Waals surface area contributed by atoms with Gasteiger partial charge in [-0.2, -0.15) is 0 Å². The summed E-state index contributed by atoms with van der Waals surface area (Å²) in [6.07, 6.45) is 2.41. The van der Waals surface area contributed by atoms with Crippen molar-refractivity contribution in [2.75, 3.05) is 13.2 Å². The Morgan fingerprint density at radius 2 is 1.38 bits per heavy atom. The van der Waals surface area contributed by atoms with Gasteiger partial charge in [-0.15, -0.1) is 0 Å². The third kappa shape index (κ3) is 6.55. The summed E-state index contributed by atoms with van der Waals surface area (Å²) in [6, 6.07) is 1.28. The number of hydrogen-bond donors (Lipinski definition) is 1. The number of nitrogens with one attached hydrogen (secondary N) is 1. The van der Waals surface area contributed by atoms with Crippen LogP contribution in [0.5, 0.6) is 0 Å². The van der Waals surface area contributed by atoms with E-state index in [-0.39, 0.29) is 0 Å². The molecule has 0 rings (SSSR count). The van der Waals surface area contributed by atoms with Crippen LogP contribution in [0.2, 0.25) is 35.8 Å². The van der Waals surface area contributed by atoms with Gasteiger partial charge in [0.2, 0.25) is 0 Å². The molecule has 0 amide bonds. The van der Waals surface area contributed by atoms with E-state index in [1.165, 1.54) is 19.0 Å². The van der Waals surface area contributed by atoms with E-state index < -0.39 is 16.6 Å².